The Morgan fingerprint density at radius 1 is 1.25 bits per heavy atom. The Labute approximate surface area is 170 Å². The van der Waals surface area contributed by atoms with Crippen LogP contribution in [-0.4, -0.2) is 30.7 Å². The molecular weight excluding hydrogens is 435 g/mol. The van der Waals surface area contributed by atoms with Gasteiger partial charge in [0.1, 0.15) is 5.75 Å². The van der Waals surface area contributed by atoms with Crippen LogP contribution in [0.1, 0.15) is 12.0 Å². The van der Waals surface area contributed by atoms with Crippen LogP contribution >= 0.6 is 23.2 Å². The number of rotatable bonds is 8. The van der Waals surface area contributed by atoms with Crippen LogP contribution in [0.25, 0.3) is 0 Å². The van der Waals surface area contributed by atoms with Crippen molar-refractivity contribution in [2.24, 2.45) is 0 Å². The molecule has 0 bridgehead atoms. The van der Waals surface area contributed by atoms with Crippen LogP contribution in [0.3, 0.4) is 0 Å². The number of benzene rings is 2. The number of sulfonamides is 1. The van der Waals surface area contributed by atoms with E-state index < -0.39 is 26.6 Å². The quantitative estimate of drug-likeness (QED) is 0.458. The van der Waals surface area contributed by atoms with Gasteiger partial charge in [-0.25, -0.2) is 8.42 Å². The topological polar surface area (TPSA) is 136 Å². The van der Waals surface area contributed by atoms with Crippen LogP contribution in [0.5, 0.6) is 11.5 Å². The predicted octanol–water partition coefficient (Wildman–Crippen LogP) is 4.08. The maximum absolute atomic E-state index is 11.7. The summed E-state index contributed by atoms with van der Waals surface area (Å²) in [5, 5.41) is 20.7. The number of nitrogens with zero attached hydrogens (tertiary/aromatic N) is 1. The number of halogens is 2. The highest BCUT2D eigenvalue weighted by Gasteiger charge is 2.22. The lowest BCUT2D eigenvalue weighted by Crippen LogP contribution is -2.11. The molecule has 2 aromatic rings. The molecule has 0 spiro atoms. The van der Waals surface area contributed by atoms with Crippen molar-refractivity contribution in [3.8, 4) is 11.5 Å². The van der Waals surface area contributed by atoms with E-state index in [1.165, 1.54) is 24.3 Å². The summed E-state index contributed by atoms with van der Waals surface area (Å²) in [7, 11) is -3.76. The van der Waals surface area contributed by atoms with Crippen molar-refractivity contribution in [3.05, 3.63) is 56.1 Å². The van der Waals surface area contributed by atoms with Crippen molar-refractivity contribution >= 4 is 50.6 Å². The molecule has 0 heterocycles. The second kappa shape index (κ2) is 8.63. The zero-order valence-electron chi connectivity index (χ0n) is 14.3. The number of anilines is 1. The molecule has 2 rings (SSSR count). The SMILES string of the molecule is CS(=O)(=O)Nc1cc(CCC(=O)O)c([N+](=O)[O-])cc1Oc1ccc(Cl)cc1Cl. The minimum absolute atomic E-state index is 0.0353. The molecule has 0 saturated carbocycles. The van der Waals surface area contributed by atoms with Crippen molar-refractivity contribution < 1.29 is 28.0 Å². The van der Waals surface area contributed by atoms with E-state index in [-0.39, 0.29) is 40.6 Å². The summed E-state index contributed by atoms with van der Waals surface area (Å²) in [6, 6.07) is 6.45. The van der Waals surface area contributed by atoms with Gasteiger partial charge < -0.3 is 9.84 Å². The molecule has 0 saturated heterocycles. The van der Waals surface area contributed by atoms with E-state index in [1.807, 2.05) is 0 Å². The highest BCUT2D eigenvalue weighted by molar-refractivity contribution is 7.92. The standard InChI is InChI=1S/C16H14Cl2N2O7S/c1-28(25,26)19-12-6-9(2-5-16(21)22)13(20(23)24)8-15(12)27-14-4-3-10(17)7-11(14)18/h3-4,6-8,19H,2,5H2,1H3,(H,21,22). The third-order valence-corrected chi connectivity index (χ3v) is 4.52. The third-order valence-electron chi connectivity index (χ3n) is 3.39. The first-order valence-electron chi connectivity index (χ1n) is 7.60. The molecule has 0 aliphatic heterocycles. The largest absolute Gasteiger partial charge is 0.481 e. The van der Waals surface area contributed by atoms with Gasteiger partial charge in [0.25, 0.3) is 5.69 Å². The van der Waals surface area contributed by atoms with Crippen LogP contribution in [0.2, 0.25) is 10.0 Å². The second-order valence-corrected chi connectivity index (χ2v) is 8.27. The van der Waals surface area contributed by atoms with Crippen molar-refractivity contribution in [1.29, 1.82) is 0 Å². The molecule has 0 fully saturated rings. The van der Waals surface area contributed by atoms with E-state index in [9.17, 15) is 23.3 Å². The number of ether oxygens (including phenoxy) is 1. The number of nitro benzene ring substituents is 1. The summed E-state index contributed by atoms with van der Waals surface area (Å²) in [6.07, 6.45) is 0.346. The van der Waals surface area contributed by atoms with E-state index >= 15 is 0 Å². The molecule has 0 aromatic heterocycles. The predicted molar refractivity (Wildman–Crippen MR) is 104 cm³/mol. The smallest absolute Gasteiger partial charge is 0.303 e. The number of carboxylic acids is 1. The lowest BCUT2D eigenvalue weighted by atomic mass is 10.1. The number of aryl methyl sites for hydroxylation is 1. The summed E-state index contributed by atoms with van der Waals surface area (Å²) in [5.41, 5.74) is -0.479. The molecule has 12 heteroatoms. The van der Waals surface area contributed by atoms with Gasteiger partial charge in [0.05, 0.1) is 28.0 Å². The summed E-state index contributed by atoms with van der Waals surface area (Å²) >= 11 is 11.9. The molecular formula is C16H14Cl2N2O7S. The highest BCUT2D eigenvalue weighted by Crippen LogP contribution is 2.39. The van der Waals surface area contributed by atoms with Gasteiger partial charge in [-0.1, -0.05) is 23.2 Å². The van der Waals surface area contributed by atoms with Gasteiger partial charge in [-0.3, -0.25) is 19.6 Å². The first-order valence-corrected chi connectivity index (χ1v) is 10.2. The monoisotopic (exact) mass is 448 g/mol. The number of aliphatic carboxylic acids is 1. The zero-order chi connectivity index (χ0) is 21.1. The number of nitrogens with one attached hydrogen (secondary N) is 1. The van der Waals surface area contributed by atoms with E-state index in [1.54, 1.807) is 0 Å². The van der Waals surface area contributed by atoms with E-state index in [4.69, 9.17) is 33.0 Å². The molecule has 9 nitrogen and oxygen atoms in total. The van der Waals surface area contributed by atoms with Gasteiger partial charge in [-0.15, -0.1) is 0 Å². The minimum atomic E-state index is -3.76. The van der Waals surface area contributed by atoms with Gasteiger partial charge in [-0.05, 0) is 30.7 Å². The average Bonchev–Trinajstić information content (AvgIpc) is 2.55. The van der Waals surface area contributed by atoms with Crippen molar-refractivity contribution in [3.63, 3.8) is 0 Å². The molecule has 0 aliphatic rings. The Hall–Kier alpha value is -2.56. The maximum atomic E-state index is 11.7. The molecule has 0 amide bonds. The molecule has 0 atom stereocenters. The van der Waals surface area contributed by atoms with E-state index in [0.29, 0.717) is 5.02 Å². The average molecular weight is 449 g/mol. The zero-order valence-corrected chi connectivity index (χ0v) is 16.6. The summed E-state index contributed by atoms with van der Waals surface area (Å²) in [5.74, 6) is -1.24. The Morgan fingerprint density at radius 2 is 1.93 bits per heavy atom. The Kier molecular flexibility index (Phi) is 6.70. The van der Waals surface area contributed by atoms with Crippen LogP contribution in [0.15, 0.2) is 30.3 Å². The van der Waals surface area contributed by atoms with Crippen LogP contribution < -0.4 is 9.46 Å². The Bertz CT molecular complexity index is 1040. The van der Waals surface area contributed by atoms with Crippen LogP contribution in [0, 0.1) is 10.1 Å². The van der Waals surface area contributed by atoms with E-state index in [0.717, 1.165) is 12.3 Å². The number of carboxylic acid groups (broad SMARTS) is 1. The van der Waals surface area contributed by atoms with Gasteiger partial charge in [0.2, 0.25) is 10.0 Å². The summed E-state index contributed by atoms with van der Waals surface area (Å²) in [6.45, 7) is 0. The fraction of sp³-hybridized carbons (Fsp3) is 0.188. The normalized spacial score (nSPS) is 11.1. The molecule has 0 radical (unpaired) electrons. The third kappa shape index (κ3) is 5.98. The lowest BCUT2D eigenvalue weighted by Gasteiger charge is -2.15. The molecule has 2 aromatic carbocycles. The van der Waals surface area contributed by atoms with Gasteiger partial charge in [0.15, 0.2) is 5.75 Å². The van der Waals surface area contributed by atoms with Gasteiger partial charge in [0, 0.05) is 17.0 Å². The first kappa shape index (κ1) is 21.7. The first-order chi connectivity index (χ1) is 13.0. The summed E-state index contributed by atoms with van der Waals surface area (Å²) in [4.78, 5) is 21.5. The van der Waals surface area contributed by atoms with Crippen LogP contribution in [0.4, 0.5) is 11.4 Å². The summed E-state index contributed by atoms with van der Waals surface area (Å²) < 4.78 is 31.1. The lowest BCUT2D eigenvalue weighted by molar-refractivity contribution is -0.385. The molecule has 28 heavy (non-hydrogen) atoms. The molecule has 0 aliphatic carbocycles. The fourth-order valence-corrected chi connectivity index (χ4v) is 3.27. The number of hydrogen-bond donors (Lipinski definition) is 2. The van der Waals surface area contributed by atoms with Crippen molar-refractivity contribution in [2.75, 3.05) is 11.0 Å². The number of nitro groups is 1. The Morgan fingerprint density at radius 3 is 2.46 bits per heavy atom. The number of hydrogen-bond acceptors (Lipinski definition) is 6. The Balaban J connectivity index is 2.58. The van der Waals surface area contributed by atoms with Crippen molar-refractivity contribution in [2.45, 2.75) is 12.8 Å². The maximum Gasteiger partial charge on any atom is 0.303 e. The van der Waals surface area contributed by atoms with Gasteiger partial charge >= 0.3 is 5.97 Å². The van der Waals surface area contributed by atoms with Crippen molar-refractivity contribution in [1.82, 2.24) is 0 Å². The fourth-order valence-electron chi connectivity index (χ4n) is 2.27. The number of carbonyl (C=O) groups is 1. The second-order valence-electron chi connectivity index (χ2n) is 5.68. The van der Waals surface area contributed by atoms with Gasteiger partial charge in [-0.2, -0.15) is 0 Å². The minimum Gasteiger partial charge on any atom is -0.481 e. The highest BCUT2D eigenvalue weighted by atomic mass is 35.5. The molecule has 0 unspecified atom stereocenters. The molecule has 2 N–H and O–H groups in total. The van der Waals surface area contributed by atoms with E-state index in [2.05, 4.69) is 4.72 Å². The molecule has 150 valence electrons. The van der Waals surface area contributed by atoms with Crippen LogP contribution in [-0.2, 0) is 21.2 Å².